The van der Waals surface area contributed by atoms with E-state index in [0.29, 0.717) is 6.04 Å². The van der Waals surface area contributed by atoms with E-state index in [4.69, 9.17) is 0 Å². The van der Waals surface area contributed by atoms with Gasteiger partial charge in [0.05, 0.1) is 0 Å². The van der Waals surface area contributed by atoms with E-state index in [0.717, 1.165) is 19.6 Å². The lowest BCUT2D eigenvalue weighted by Gasteiger charge is -2.01. The molecule has 0 aromatic heterocycles. The van der Waals surface area contributed by atoms with Gasteiger partial charge in [-0.25, -0.2) is 0 Å². The van der Waals surface area contributed by atoms with E-state index in [1.165, 1.54) is 0 Å². The molecule has 2 N–H and O–H groups in total. The molecule has 1 unspecified atom stereocenters. The third-order valence-corrected chi connectivity index (χ3v) is 2.25. The summed E-state index contributed by atoms with van der Waals surface area (Å²) in [6.07, 6.45) is 0. The van der Waals surface area contributed by atoms with Gasteiger partial charge in [0.15, 0.2) is 0 Å². The first-order valence-corrected chi connectivity index (χ1v) is 3.50. The molecule has 2 rings (SSSR count). The van der Waals surface area contributed by atoms with Crippen molar-refractivity contribution >= 4 is 24.8 Å². The Bertz CT molecular complexity index is 168. The summed E-state index contributed by atoms with van der Waals surface area (Å²) in [6, 6.07) is 0.671. The number of hydrogen-bond acceptors (Lipinski definition) is 2. The van der Waals surface area contributed by atoms with Crippen molar-refractivity contribution in [2.75, 3.05) is 19.6 Å². The van der Waals surface area contributed by atoms with Crippen molar-refractivity contribution in [1.82, 2.24) is 10.6 Å². The van der Waals surface area contributed by atoms with E-state index in [2.05, 4.69) is 17.6 Å². The Morgan fingerprint density at radius 1 is 1.27 bits per heavy atom. The zero-order valence-electron chi connectivity index (χ0n) is 6.52. The monoisotopic (exact) mass is 196 g/mol. The SMILES string of the molecule is CC1=C2CNCC2NC1.Cl.Cl. The van der Waals surface area contributed by atoms with Crippen LogP contribution in [0, 0.1) is 0 Å². The number of halogens is 2. The summed E-state index contributed by atoms with van der Waals surface area (Å²) in [4.78, 5) is 0. The number of rotatable bonds is 0. The molecule has 1 atom stereocenters. The molecule has 0 aliphatic carbocycles. The van der Waals surface area contributed by atoms with Gasteiger partial charge < -0.3 is 10.6 Å². The molecule has 4 heteroatoms. The maximum Gasteiger partial charge on any atom is 0.0424 e. The fourth-order valence-corrected chi connectivity index (χ4v) is 1.63. The summed E-state index contributed by atoms with van der Waals surface area (Å²) in [6.45, 7) is 5.58. The maximum absolute atomic E-state index is 3.43. The number of nitrogens with one attached hydrogen (secondary N) is 2. The highest BCUT2D eigenvalue weighted by Gasteiger charge is 2.26. The van der Waals surface area contributed by atoms with Gasteiger partial charge in [0.25, 0.3) is 0 Å². The van der Waals surface area contributed by atoms with Crippen LogP contribution in [0.3, 0.4) is 0 Å². The van der Waals surface area contributed by atoms with Crippen LogP contribution in [0.15, 0.2) is 11.1 Å². The van der Waals surface area contributed by atoms with Crippen LogP contribution in [0.5, 0.6) is 0 Å². The van der Waals surface area contributed by atoms with Gasteiger partial charge in [0, 0.05) is 25.7 Å². The quantitative estimate of drug-likeness (QED) is 0.559. The first-order chi connectivity index (χ1) is 4.38. The van der Waals surface area contributed by atoms with Crippen molar-refractivity contribution in [3.8, 4) is 0 Å². The van der Waals surface area contributed by atoms with Crippen LogP contribution in [0.2, 0.25) is 0 Å². The van der Waals surface area contributed by atoms with E-state index in [-0.39, 0.29) is 24.8 Å². The van der Waals surface area contributed by atoms with Crippen LogP contribution < -0.4 is 10.6 Å². The van der Waals surface area contributed by atoms with Gasteiger partial charge in [-0.1, -0.05) is 5.57 Å². The normalized spacial score (nSPS) is 27.5. The molecular weight excluding hydrogens is 183 g/mol. The van der Waals surface area contributed by atoms with Gasteiger partial charge in [-0.2, -0.15) is 0 Å². The zero-order valence-corrected chi connectivity index (χ0v) is 8.15. The second-order valence-corrected chi connectivity index (χ2v) is 2.87. The Balaban J connectivity index is 0.000000500. The van der Waals surface area contributed by atoms with Crippen LogP contribution in [0.1, 0.15) is 6.92 Å². The van der Waals surface area contributed by atoms with Crippen LogP contribution in [0.25, 0.3) is 0 Å². The number of fused-ring (bicyclic) bond motifs is 1. The lowest BCUT2D eigenvalue weighted by atomic mass is 10.1. The van der Waals surface area contributed by atoms with Crippen molar-refractivity contribution in [2.24, 2.45) is 0 Å². The molecule has 2 nitrogen and oxygen atoms in total. The van der Waals surface area contributed by atoms with Crippen molar-refractivity contribution in [3.63, 3.8) is 0 Å². The van der Waals surface area contributed by atoms with E-state index >= 15 is 0 Å². The molecule has 0 amide bonds. The fourth-order valence-electron chi connectivity index (χ4n) is 1.63. The molecule has 0 radical (unpaired) electrons. The average Bonchev–Trinajstić information content (AvgIpc) is 2.35. The number of hydrogen-bond donors (Lipinski definition) is 2. The topological polar surface area (TPSA) is 24.1 Å². The molecule has 0 saturated carbocycles. The summed E-state index contributed by atoms with van der Waals surface area (Å²) in [5, 5.41) is 6.77. The molecule has 2 heterocycles. The minimum absolute atomic E-state index is 0. The van der Waals surface area contributed by atoms with Crippen LogP contribution in [-0.4, -0.2) is 25.7 Å². The standard InChI is InChI=1S/C7H12N2.2ClH/c1-5-2-9-7-4-8-3-6(5)7;;/h7-9H,2-4H2,1H3;2*1H. The van der Waals surface area contributed by atoms with Crippen molar-refractivity contribution in [3.05, 3.63) is 11.1 Å². The first kappa shape index (κ1) is 11.2. The van der Waals surface area contributed by atoms with Gasteiger partial charge >= 0.3 is 0 Å². The predicted octanol–water partition coefficient (Wildman–Crippen LogP) is 0.721. The highest BCUT2D eigenvalue weighted by atomic mass is 35.5. The minimum Gasteiger partial charge on any atom is -0.311 e. The average molecular weight is 197 g/mol. The molecule has 2 aliphatic rings. The third-order valence-electron chi connectivity index (χ3n) is 2.25. The molecule has 11 heavy (non-hydrogen) atoms. The summed E-state index contributed by atoms with van der Waals surface area (Å²) >= 11 is 0. The smallest absolute Gasteiger partial charge is 0.0424 e. The first-order valence-electron chi connectivity index (χ1n) is 3.50. The highest BCUT2D eigenvalue weighted by molar-refractivity contribution is 5.85. The molecule has 0 bridgehead atoms. The third kappa shape index (κ3) is 1.88. The maximum atomic E-state index is 3.43. The molecule has 0 aromatic rings. The van der Waals surface area contributed by atoms with Gasteiger partial charge in [-0.15, -0.1) is 24.8 Å². The molecule has 0 spiro atoms. The van der Waals surface area contributed by atoms with Gasteiger partial charge in [-0.3, -0.25) is 0 Å². The van der Waals surface area contributed by atoms with E-state index < -0.39 is 0 Å². The van der Waals surface area contributed by atoms with E-state index in [9.17, 15) is 0 Å². The van der Waals surface area contributed by atoms with Gasteiger partial charge in [0.2, 0.25) is 0 Å². The van der Waals surface area contributed by atoms with E-state index in [1.54, 1.807) is 11.1 Å². The van der Waals surface area contributed by atoms with Crippen molar-refractivity contribution in [1.29, 1.82) is 0 Å². The Hall–Kier alpha value is 0.240. The second kappa shape index (κ2) is 4.31. The zero-order chi connectivity index (χ0) is 6.27. The Labute approximate surface area is 79.6 Å². The largest absolute Gasteiger partial charge is 0.311 e. The summed E-state index contributed by atoms with van der Waals surface area (Å²) in [5.74, 6) is 0. The van der Waals surface area contributed by atoms with Crippen molar-refractivity contribution < 1.29 is 0 Å². The Morgan fingerprint density at radius 3 is 2.64 bits per heavy atom. The van der Waals surface area contributed by atoms with E-state index in [1.807, 2.05) is 0 Å². The Kier molecular flexibility index (Phi) is 4.41. The molecular formula is C7H14Cl2N2. The van der Waals surface area contributed by atoms with Crippen molar-refractivity contribution in [2.45, 2.75) is 13.0 Å². The molecule has 0 aromatic carbocycles. The van der Waals surface area contributed by atoms with Gasteiger partial charge in [0.1, 0.15) is 0 Å². The summed E-state index contributed by atoms with van der Waals surface area (Å²) in [7, 11) is 0. The molecule has 2 aliphatic heterocycles. The fraction of sp³-hybridized carbons (Fsp3) is 0.714. The van der Waals surface area contributed by atoms with Crippen LogP contribution in [0.4, 0.5) is 0 Å². The summed E-state index contributed by atoms with van der Waals surface area (Å²) in [5.41, 5.74) is 3.15. The summed E-state index contributed by atoms with van der Waals surface area (Å²) < 4.78 is 0. The highest BCUT2D eigenvalue weighted by Crippen LogP contribution is 2.17. The molecule has 66 valence electrons. The predicted molar refractivity (Wildman–Crippen MR) is 51.9 cm³/mol. The lowest BCUT2D eigenvalue weighted by molar-refractivity contribution is 0.659. The molecule has 1 fully saturated rings. The minimum atomic E-state index is 0. The lowest BCUT2D eigenvalue weighted by Crippen LogP contribution is -2.27. The Morgan fingerprint density at radius 2 is 2.00 bits per heavy atom. The van der Waals surface area contributed by atoms with Crippen LogP contribution >= 0.6 is 24.8 Å². The van der Waals surface area contributed by atoms with Crippen LogP contribution in [-0.2, 0) is 0 Å². The molecule has 1 saturated heterocycles. The van der Waals surface area contributed by atoms with Gasteiger partial charge in [-0.05, 0) is 12.5 Å². The second-order valence-electron chi connectivity index (χ2n) is 2.87.